The molecular formula is C13H18O6. The number of ether oxygens (including phenoxy) is 2. The number of rotatable bonds is 4. The van der Waals surface area contributed by atoms with Crippen molar-refractivity contribution in [1.82, 2.24) is 0 Å². The van der Waals surface area contributed by atoms with Crippen molar-refractivity contribution in [3.63, 3.8) is 0 Å². The van der Waals surface area contributed by atoms with E-state index in [1.807, 2.05) is 0 Å². The minimum absolute atomic E-state index is 0.434. The first-order chi connectivity index (χ1) is 9.08. The molecule has 4 atom stereocenters. The molecule has 106 valence electrons. The van der Waals surface area contributed by atoms with Gasteiger partial charge in [0.2, 0.25) is 0 Å². The Balaban J connectivity index is 2.36. The highest BCUT2D eigenvalue weighted by atomic mass is 16.6. The zero-order valence-corrected chi connectivity index (χ0v) is 10.6. The Kier molecular flexibility index (Phi) is 4.07. The van der Waals surface area contributed by atoms with Crippen LogP contribution in [0.3, 0.4) is 0 Å². The lowest BCUT2D eigenvalue weighted by Gasteiger charge is -2.30. The van der Waals surface area contributed by atoms with Gasteiger partial charge in [-0.25, -0.2) is 0 Å². The van der Waals surface area contributed by atoms with Crippen LogP contribution in [-0.2, 0) is 10.3 Å². The van der Waals surface area contributed by atoms with Gasteiger partial charge < -0.3 is 29.9 Å². The maximum absolute atomic E-state index is 10.1. The van der Waals surface area contributed by atoms with Crippen LogP contribution in [0.15, 0.2) is 24.3 Å². The van der Waals surface area contributed by atoms with Crippen LogP contribution >= 0.6 is 0 Å². The van der Waals surface area contributed by atoms with Crippen LogP contribution in [0.2, 0.25) is 0 Å². The van der Waals surface area contributed by atoms with Crippen molar-refractivity contribution in [2.24, 2.45) is 0 Å². The normalized spacial score (nSPS) is 34.5. The van der Waals surface area contributed by atoms with Gasteiger partial charge >= 0.3 is 0 Å². The summed E-state index contributed by atoms with van der Waals surface area (Å²) in [7, 11) is 1.53. The average molecular weight is 270 g/mol. The number of methoxy groups -OCH3 is 1. The van der Waals surface area contributed by atoms with Crippen LogP contribution in [0.4, 0.5) is 0 Å². The second kappa shape index (κ2) is 5.44. The van der Waals surface area contributed by atoms with E-state index in [0.717, 1.165) is 0 Å². The molecule has 0 aromatic heterocycles. The van der Waals surface area contributed by atoms with Crippen molar-refractivity contribution in [3.8, 4) is 5.75 Å². The third kappa shape index (κ3) is 2.22. The molecule has 1 aliphatic rings. The molecule has 1 aromatic rings. The molecule has 1 saturated heterocycles. The van der Waals surface area contributed by atoms with Gasteiger partial charge in [-0.2, -0.15) is 0 Å². The molecule has 6 heteroatoms. The van der Waals surface area contributed by atoms with Crippen molar-refractivity contribution in [3.05, 3.63) is 29.8 Å². The fourth-order valence-corrected chi connectivity index (χ4v) is 2.37. The molecule has 1 heterocycles. The van der Waals surface area contributed by atoms with Gasteiger partial charge in [-0.3, -0.25) is 0 Å². The van der Waals surface area contributed by atoms with E-state index in [0.29, 0.717) is 11.3 Å². The predicted molar refractivity (Wildman–Crippen MR) is 65.7 cm³/mol. The summed E-state index contributed by atoms with van der Waals surface area (Å²) in [5, 5.41) is 38.6. The smallest absolute Gasteiger partial charge is 0.145 e. The summed E-state index contributed by atoms with van der Waals surface area (Å²) in [5.41, 5.74) is -0.919. The zero-order chi connectivity index (χ0) is 14.0. The summed E-state index contributed by atoms with van der Waals surface area (Å²) in [6.45, 7) is -0.940. The number of benzene rings is 1. The quantitative estimate of drug-likeness (QED) is 0.560. The Hall–Kier alpha value is -1.18. The van der Waals surface area contributed by atoms with E-state index >= 15 is 0 Å². The van der Waals surface area contributed by atoms with E-state index in [-0.39, 0.29) is 0 Å². The zero-order valence-electron chi connectivity index (χ0n) is 10.6. The molecule has 19 heavy (non-hydrogen) atoms. The maximum atomic E-state index is 10.1. The monoisotopic (exact) mass is 270 g/mol. The van der Waals surface area contributed by atoms with Gasteiger partial charge in [0.25, 0.3) is 0 Å². The molecule has 0 unspecified atom stereocenters. The third-order valence-electron chi connectivity index (χ3n) is 3.54. The first-order valence-corrected chi connectivity index (χ1v) is 5.99. The van der Waals surface area contributed by atoms with Crippen LogP contribution < -0.4 is 4.74 Å². The first kappa shape index (κ1) is 14.2. The predicted octanol–water partition coefficient (Wildman–Crippen LogP) is -1.00. The molecule has 1 aromatic carbocycles. The summed E-state index contributed by atoms with van der Waals surface area (Å²) in [6.07, 6.45) is -3.49. The number of hydrogen-bond acceptors (Lipinski definition) is 6. The van der Waals surface area contributed by atoms with Crippen molar-refractivity contribution in [2.75, 3.05) is 20.3 Å². The molecule has 1 fully saturated rings. The number of hydrogen-bond donors (Lipinski definition) is 4. The molecule has 1 aliphatic heterocycles. The highest BCUT2D eigenvalue weighted by molar-refractivity contribution is 5.33. The minimum Gasteiger partial charge on any atom is -0.497 e. The topological polar surface area (TPSA) is 99.4 Å². The van der Waals surface area contributed by atoms with Crippen LogP contribution in [0.5, 0.6) is 5.75 Å². The largest absolute Gasteiger partial charge is 0.497 e. The molecule has 6 nitrogen and oxygen atoms in total. The van der Waals surface area contributed by atoms with Gasteiger partial charge in [0, 0.05) is 0 Å². The molecule has 0 spiro atoms. The van der Waals surface area contributed by atoms with Crippen molar-refractivity contribution < 1.29 is 29.9 Å². The summed E-state index contributed by atoms with van der Waals surface area (Å²) in [5.74, 6) is 0.628. The molecule has 4 N–H and O–H groups in total. The average Bonchev–Trinajstić information content (AvgIpc) is 2.72. The minimum atomic E-state index is -1.43. The Morgan fingerprint density at radius 2 is 1.84 bits per heavy atom. The molecular weight excluding hydrogens is 252 g/mol. The summed E-state index contributed by atoms with van der Waals surface area (Å²) < 4.78 is 10.5. The van der Waals surface area contributed by atoms with E-state index < -0.39 is 37.1 Å². The van der Waals surface area contributed by atoms with Gasteiger partial charge in [0.15, 0.2) is 0 Å². The molecule has 0 bridgehead atoms. The highest BCUT2D eigenvalue weighted by Crippen LogP contribution is 2.40. The number of aliphatic hydroxyl groups excluding tert-OH is 4. The summed E-state index contributed by atoms with van der Waals surface area (Å²) >= 11 is 0. The fourth-order valence-electron chi connectivity index (χ4n) is 2.37. The van der Waals surface area contributed by atoms with Crippen molar-refractivity contribution >= 4 is 0 Å². The number of aliphatic hydroxyl groups is 4. The van der Waals surface area contributed by atoms with E-state index in [1.54, 1.807) is 24.3 Å². The van der Waals surface area contributed by atoms with Crippen LogP contribution in [-0.4, -0.2) is 59.1 Å². The molecule has 0 amide bonds. The van der Waals surface area contributed by atoms with E-state index in [9.17, 15) is 15.3 Å². The molecule has 0 aliphatic carbocycles. The van der Waals surface area contributed by atoms with E-state index in [4.69, 9.17) is 14.6 Å². The second-order valence-electron chi connectivity index (χ2n) is 4.55. The van der Waals surface area contributed by atoms with Crippen molar-refractivity contribution in [2.45, 2.75) is 23.9 Å². The van der Waals surface area contributed by atoms with Gasteiger partial charge in [0.1, 0.15) is 29.7 Å². The standard InChI is InChI=1S/C13H18O6/c1-18-9-4-2-8(3-5-9)13(7-15)12(17)11(16)10(6-14)19-13/h2-5,10-12,14-17H,6-7H2,1H3/t10-,11+,12+,13-/m0/s1. The van der Waals surface area contributed by atoms with Gasteiger partial charge in [-0.05, 0) is 17.7 Å². The summed E-state index contributed by atoms with van der Waals surface area (Å²) in [6, 6.07) is 6.62. The first-order valence-electron chi connectivity index (χ1n) is 5.99. The lowest BCUT2D eigenvalue weighted by molar-refractivity contribution is -0.124. The Morgan fingerprint density at radius 1 is 1.21 bits per heavy atom. The summed E-state index contributed by atoms with van der Waals surface area (Å²) in [4.78, 5) is 0. The molecule has 0 radical (unpaired) electrons. The van der Waals surface area contributed by atoms with Crippen LogP contribution in [0.1, 0.15) is 5.56 Å². The SMILES string of the molecule is COc1ccc([C@]2(CO)O[C@@H](CO)[C@@H](O)[C@H]2O)cc1. The van der Waals surface area contributed by atoms with Gasteiger partial charge in [0.05, 0.1) is 20.3 Å². The fraction of sp³-hybridized carbons (Fsp3) is 0.538. The Bertz CT molecular complexity index is 420. The lowest BCUT2D eigenvalue weighted by atomic mass is 9.87. The van der Waals surface area contributed by atoms with Crippen molar-refractivity contribution in [1.29, 1.82) is 0 Å². The maximum Gasteiger partial charge on any atom is 0.145 e. The van der Waals surface area contributed by atoms with Gasteiger partial charge in [-0.1, -0.05) is 12.1 Å². The Labute approximate surface area is 110 Å². The van der Waals surface area contributed by atoms with Crippen LogP contribution in [0.25, 0.3) is 0 Å². The van der Waals surface area contributed by atoms with E-state index in [1.165, 1.54) is 7.11 Å². The van der Waals surface area contributed by atoms with Crippen LogP contribution in [0, 0.1) is 0 Å². The molecule has 2 rings (SSSR count). The van der Waals surface area contributed by atoms with Gasteiger partial charge in [-0.15, -0.1) is 0 Å². The highest BCUT2D eigenvalue weighted by Gasteiger charge is 2.54. The van der Waals surface area contributed by atoms with E-state index in [2.05, 4.69) is 0 Å². The molecule has 0 saturated carbocycles. The third-order valence-corrected chi connectivity index (χ3v) is 3.54. The lowest BCUT2D eigenvalue weighted by Crippen LogP contribution is -2.43. The second-order valence-corrected chi connectivity index (χ2v) is 4.55. The Morgan fingerprint density at radius 3 is 2.26 bits per heavy atom.